The van der Waals surface area contributed by atoms with Gasteiger partial charge in [-0.15, -0.1) is 0 Å². The summed E-state index contributed by atoms with van der Waals surface area (Å²) >= 11 is 0. The van der Waals surface area contributed by atoms with Crippen molar-refractivity contribution in [2.75, 3.05) is 14.1 Å². The Labute approximate surface area is 111 Å². The Morgan fingerprint density at radius 1 is 1.37 bits per heavy atom. The van der Waals surface area contributed by atoms with Crippen molar-refractivity contribution in [1.82, 2.24) is 20.3 Å². The number of carbonyl (C=O) groups is 1. The second kappa shape index (κ2) is 5.19. The van der Waals surface area contributed by atoms with Gasteiger partial charge in [0.2, 0.25) is 0 Å². The van der Waals surface area contributed by atoms with Crippen molar-refractivity contribution in [2.24, 2.45) is 5.73 Å². The van der Waals surface area contributed by atoms with E-state index in [1.807, 2.05) is 38.4 Å². The van der Waals surface area contributed by atoms with Gasteiger partial charge < -0.3 is 10.6 Å². The van der Waals surface area contributed by atoms with Crippen LogP contribution in [-0.4, -0.2) is 40.3 Å². The summed E-state index contributed by atoms with van der Waals surface area (Å²) in [5, 5.41) is 10.2. The first kappa shape index (κ1) is 13.2. The Morgan fingerprint density at radius 3 is 2.74 bits per heavy atom. The number of aromatic amines is 1. The summed E-state index contributed by atoms with van der Waals surface area (Å²) in [4.78, 5) is 13.4. The summed E-state index contributed by atoms with van der Waals surface area (Å²) in [5.41, 5.74) is 7.89. The normalized spacial score (nSPS) is 12.6. The number of nitrogens with zero attached hydrogens (tertiary/aromatic N) is 3. The summed E-state index contributed by atoms with van der Waals surface area (Å²) in [6, 6.07) is 8.12. The fourth-order valence-corrected chi connectivity index (χ4v) is 1.85. The number of H-pyrrole nitrogens is 1. The minimum absolute atomic E-state index is 0.162. The standard InChI is InChI=1S/C13H17N5O/c1-8(18(2)3)9-5-4-6-10(7-9)11-12(13(14)19)16-17-15-11/h4-8H,1-3H3,(H2,14,19)(H,15,16,17). The summed E-state index contributed by atoms with van der Waals surface area (Å²) in [5.74, 6) is -0.588. The Balaban J connectivity index is 2.43. The predicted octanol–water partition coefficient (Wildman–Crippen LogP) is 1.19. The molecule has 0 aliphatic heterocycles. The third-order valence-corrected chi connectivity index (χ3v) is 3.20. The largest absolute Gasteiger partial charge is 0.364 e. The van der Waals surface area contributed by atoms with E-state index in [0.717, 1.165) is 11.1 Å². The van der Waals surface area contributed by atoms with E-state index in [1.54, 1.807) is 0 Å². The third-order valence-electron chi connectivity index (χ3n) is 3.20. The SMILES string of the molecule is CC(c1cccc(-c2n[nH]nc2C(N)=O)c1)N(C)C. The van der Waals surface area contributed by atoms with Crippen LogP contribution in [0.1, 0.15) is 29.0 Å². The van der Waals surface area contributed by atoms with Crippen LogP contribution in [0.4, 0.5) is 0 Å². The lowest BCUT2D eigenvalue weighted by molar-refractivity contribution is 0.0996. The van der Waals surface area contributed by atoms with Gasteiger partial charge in [-0.1, -0.05) is 18.2 Å². The molecule has 1 atom stereocenters. The first-order valence-corrected chi connectivity index (χ1v) is 5.98. The van der Waals surface area contributed by atoms with Crippen LogP contribution in [0, 0.1) is 0 Å². The van der Waals surface area contributed by atoms with Crippen LogP contribution in [-0.2, 0) is 0 Å². The molecule has 0 spiro atoms. The van der Waals surface area contributed by atoms with Gasteiger partial charge in [0.15, 0.2) is 5.69 Å². The maximum Gasteiger partial charge on any atom is 0.271 e. The summed E-state index contributed by atoms with van der Waals surface area (Å²) in [6.45, 7) is 2.11. The molecule has 0 saturated heterocycles. The molecule has 2 aromatic rings. The van der Waals surface area contributed by atoms with Crippen molar-refractivity contribution in [3.63, 3.8) is 0 Å². The molecule has 0 bridgehead atoms. The molecule has 0 aliphatic carbocycles. The smallest absolute Gasteiger partial charge is 0.271 e. The number of carbonyl (C=O) groups excluding carboxylic acids is 1. The second-order valence-corrected chi connectivity index (χ2v) is 4.65. The van der Waals surface area contributed by atoms with Gasteiger partial charge in [-0.2, -0.15) is 15.4 Å². The molecule has 0 fully saturated rings. The molecule has 100 valence electrons. The molecule has 6 nitrogen and oxygen atoms in total. The summed E-state index contributed by atoms with van der Waals surface area (Å²) in [7, 11) is 4.03. The van der Waals surface area contributed by atoms with Gasteiger partial charge in [-0.05, 0) is 32.6 Å². The minimum Gasteiger partial charge on any atom is -0.364 e. The molecule has 1 aromatic carbocycles. The Bertz CT molecular complexity index is 590. The van der Waals surface area contributed by atoms with Gasteiger partial charge >= 0.3 is 0 Å². The number of nitrogens with two attached hydrogens (primary N) is 1. The molecule has 1 heterocycles. The van der Waals surface area contributed by atoms with E-state index in [1.165, 1.54) is 0 Å². The van der Waals surface area contributed by atoms with Crippen LogP contribution in [0.3, 0.4) is 0 Å². The number of aromatic nitrogens is 3. The monoisotopic (exact) mass is 259 g/mol. The molecule has 0 saturated carbocycles. The zero-order valence-corrected chi connectivity index (χ0v) is 11.2. The highest BCUT2D eigenvalue weighted by atomic mass is 16.1. The Hall–Kier alpha value is -2.21. The number of rotatable bonds is 4. The molecule has 2 rings (SSSR count). The highest BCUT2D eigenvalue weighted by Gasteiger charge is 2.16. The van der Waals surface area contributed by atoms with Gasteiger partial charge in [0.25, 0.3) is 5.91 Å². The topological polar surface area (TPSA) is 87.9 Å². The van der Waals surface area contributed by atoms with E-state index in [9.17, 15) is 4.79 Å². The van der Waals surface area contributed by atoms with E-state index >= 15 is 0 Å². The van der Waals surface area contributed by atoms with Crippen molar-refractivity contribution in [2.45, 2.75) is 13.0 Å². The van der Waals surface area contributed by atoms with Crippen molar-refractivity contribution in [1.29, 1.82) is 0 Å². The second-order valence-electron chi connectivity index (χ2n) is 4.65. The molecule has 0 radical (unpaired) electrons. The maximum atomic E-state index is 11.3. The van der Waals surface area contributed by atoms with E-state index in [2.05, 4.69) is 27.2 Å². The minimum atomic E-state index is -0.588. The number of hydrogen-bond donors (Lipinski definition) is 2. The first-order valence-electron chi connectivity index (χ1n) is 5.98. The molecular formula is C13H17N5O. The summed E-state index contributed by atoms with van der Waals surface area (Å²) in [6.07, 6.45) is 0. The molecule has 1 unspecified atom stereocenters. The van der Waals surface area contributed by atoms with Crippen LogP contribution in [0.2, 0.25) is 0 Å². The maximum absolute atomic E-state index is 11.3. The van der Waals surface area contributed by atoms with Crippen molar-refractivity contribution >= 4 is 5.91 Å². The molecule has 6 heteroatoms. The van der Waals surface area contributed by atoms with Crippen molar-refractivity contribution in [3.8, 4) is 11.3 Å². The lowest BCUT2D eigenvalue weighted by Gasteiger charge is -2.20. The van der Waals surface area contributed by atoms with Gasteiger partial charge in [0.05, 0.1) is 0 Å². The van der Waals surface area contributed by atoms with Crippen molar-refractivity contribution < 1.29 is 4.79 Å². The lowest BCUT2D eigenvalue weighted by Crippen LogP contribution is -2.16. The van der Waals surface area contributed by atoms with Crippen LogP contribution >= 0.6 is 0 Å². The number of benzene rings is 1. The summed E-state index contributed by atoms with van der Waals surface area (Å²) < 4.78 is 0. The quantitative estimate of drug-likeness (QED) is 0.863. The van der Waals surface area contributed by atoms with Crippen LogP contribution in [0.15, 0.2) is 24.3 Å². The molecule has 19 heavy (non-hydrogen) atoms. The molecule has 0 aliphatic rings. The number of amides is 1. The first-order chi connectivity index (χ1) is 9.00. The highest BCUT2D eigenvalue weighted by molar-refractivity contribution is 5.96. The Kier molecular flexibility index (Phi) is 3.62. The number of hydrogen-bond acceptors (Lipinski definition) is 4. The zero-order valence-electron chi connectivity index (χ0n) is 11.2. The van der Waals surface area contributed by atoms with E-state index in [0.29, 0.717) is 5.69 Å². The van der Waals surface area contributed by atoms with Crippen LogP contribution in [0.25, 0.3) is 11.3 Å². The van der Waals surface area contributed by atoms with E-state index in [-0.39, 0.29) is 11.7 Å². The predicted molar refractivity (Wildman–Crippen MR) is 72.4 cm³/mol. The molecule has 3 N–H and O–H groups in total. The van der Waals surface area contributed by atoms with E-state index in [4.69, 9.17) is 5.73 Å². The number of nitrogens with one attached hydrogen (secondary N) is 1. The van der Waals surface area contributed by atoms with Crippen molar-refractivity contribution in [3.05, 3.63) is 35.5 Å². The van der Waals surface area contributed by atoms with Crippen LogP contribution < -0.4 is 5.73 Å². The van der Waals surface area contributed by atoms with E-state index < -0.39 is 5.91 Å². The molecule has 1 aromatic heterocycles. The molecule has 1 amide bonds. The van der Waals surface area contributed by atoms with Crippen LogP contribution in [0.5, 0.6) is 0 Å². The van der Waals surface area contributed by atoms with Gasteiger partial charge in [-0.3, -0.25) is 4.79 Å². The van der Waals surface area contributed by atoms with Gasteiger partial charge in [0.1, 0.15) is 5.69 Å². The highest BCUT2D eigenvalue weighted by Crippen LogP contribution is 2.25. The lowest BCUT2D eigenvalue weighted by atomic mass is 10.0. The number of primary amides is 1. The third kappa shape index (κ3) is 2.63. The molecular weight excluding hydrogens is 242 g/mol. The average Bonchev–Trinajstić information content (AvgIpc) is 2.87. The fourth-order valence-electron chi connectivity index (χ4n) is 1.85. The fraction of sp³-hybridized carbons (Fsp3) is 0.308. The Morgan fingerprint density at radius 2 is 2.11 bits per heavy atom. The van der Waals surface area contributed by atoms with Gasteiger partial charge in [-0.25, -0.2) is 0 Å². The average molecular weight is 259 g/mol. The zero-order chi connectivity index (χ0) is 14.0. The van der Waals surface area contributed by atoms with Gasteiger partial charge in [0, 0.05) is 11.6 Å².